The van der Waals surface area contributed by atoms with Gasteiger partial charge in [0.2, 0.25) is 10.0 Å². The van der Waals surface area contributed by atoms with Crippen molar-refractivity contribution in [3.8, 4) is 11.1 Å². The summed E-state index contributed by atoms with van der Waals surface area (Å²) in [6.07, 6.45) is -4.44. The Labute approximate surface area is 224 Å². The van der Waals surface area contributed by atoms with Crippen LogP contribution in [0.5, 0.6) is 0 Å². The second-order valence-corrected chi connectivity index (χ2v) is 10.5. The van der Waals surface area contributed by atoms with Crippen LogP contribution in [0.1, 0.15) is 21.5 Å². The first kappa shape index (κ1) is 27.9. The summed E-state index contributed by atoms with van der Waals surface area (Å²) in [5, 5.41) is 5.94. The molecule has 3 N–H and O–H groups in total. The van der Waals surface area contributed by atoms with E-state index in [0.717, 1.165) is 23.4 Å². The van der Waals surface area contributed by atoms with Crippen LogP contribution in [0.3, 0.4) is 0 Å². The molecular formula is C29H26F3N3O3S. The van der Waals surface area contributed by atoms with E-state index in [2.05, 4.69) is 15.4 Å². The van der Waals surface area contributed by atoms with Gasteiger partial charge in [-0.15, -0.1) is 0 Å². The van der Waals surface area contributed by atoms with Gasteiger partial charge in [-0.25, -0.2) is 13.1 Å². The van der Waals surface area contributed by atoms with E-state index in [0.29, 0.717) is 28.9 Å². The van der Waals surface area contributed by atoms with Crippen LogP contribution >= 0.6 is 0 Å². The van der Waals surface area contributed by atoms with Crippen molar-refractivity contribution in [1.29, 1.82) is 0 Å². The Balaban J connectivity index is 1.38. The fraction of sp³-hybridized carbons (Fsp3) is 0.138. The molecule has 39 heavy (non-hydrogen) atoms. The van der Waals surface area contributed by atoms with Crippen molar-refractivity contribution in [1.82, 2.24) is 4.72 Å². The highest BCUT2D eigenvalue weighted by Gasteiger charge is 2.30. The maximum Gasteiger partial charge on any atom is 0.416 e. The van der Waals surface area contributed by atoms with Crippen molar-refractivity contribution in [2.24, 2.45) is 0 Å². The van der Waals surface area contributed by atoms with Crippen molar-refractivity contribution in [3.05, 3.63) is 114 Å². The van der Waals surface area contributed by atoms with E-state index >= 15 is 0 Å². The summed E-state index contributed by atoms with van der Waals surface area (Å²) >= 11 is 0. The van der Waals surface area contributed by atoms with Crippen molar-refractivity contribution in [2.45, 2.75) is 18.0 Å². The highest BCUT2D eigenvalue weighted by Crippen LogP contribution is 2.33. The van der Waals surface area contributed by atoms with Gasteiger partial charge in [0.1, 0.15) is 0 Å². The number of hydrogen-bond donors (Lipinski definition) is 3. The molecule has 4 aromatic carbocycles. The van der Waals surface area contributed by atoms with Gasteiger partial charge in [0.05, 0.1) is 10.5 Å². The van der Waals surface area contributed by atoms with Crippen molar-refractivity contribution in [3.63, 3.8) is 0 Å². The molecule has 0 aromatic heterocycles. The van der Waals surface area contributed by atoms with E-state index in [4.69, 9.17) is 0 Å². The van der Waals surface area contributed by atoms with Gasteiger partial charge in [-0.1, -0.05) is 42.5 Å². The van der Waals surface area contributed by atoms with Gasteiger partial charge >= 0.3 is 6.18 Å². The number of rotatable bonds is 9. The Hall–Kier alpha value is -4.15. The quantitative estimate of drug-likeness (QED) is 0.212. The molecule has 0 radical (unpaired) electrons. The molecule has 1 amide bonds. The molecule has 0 saturated heterocycles. The van der Waals surface area contributed by atoms with Crippen LogP contribution in [0.25, 0.3) is 11.1 Å². The summed E-state index contributed by atoms with van der Waals surface area (Å²) in [6, 6.07) is 24.8. The first-order chi connectivity index (χ1) is 18.5. The summed E-state index contributed by atoms with van der Waals surface area (Å²) in [7, 11) is -3.58. The molecule has 4 rings (SSSR count). The molecule has 0 spiro atoms. The molecule has 0 aliphatic carbocycles. The van der Waals surface area contributed by atoms with Gasteiger partial charge < -0.3 is 10.6 Å². The van der Waals surface area contributed by atoms with Gasteiger partial charge in [0.15, 0.2) is 0 Å². The van der Waals surface area contributed by atoms with Crippen LogP contribution in [0, 0.1) is 6.92 Å². The van der Waals surface area contributed by atoms with E-state index < -0.39 is 27.7 Å². The number of anilines is 2. The minimum Gasteiger partial charge on any atom is -0.384 e. The summed E-state index contributed by atoms with van der Waals surface area (Å²) in [5.41, 5.74) is 2.65. The van der Waals surface area contributed by atoms with Crippen molar-refractivity contribution in [2.75, 3.05) is 23.7 Å². The molecule has 0 aliphatic heterocycles. The van der Waals surface area contributed by atoms with Crippen molar-refractivity contribution >= 4 is 27.3 Å². The van der Waals surface area contributed by atoms with Crippen LogP contribution in [-0.4, -0.2) is 27.4 Å². The number of carbonyl (C=O) groups is 1. The van der Waals surface area contributed by atoms with Crippen LogP contribution < -0.4 is 15.4 Å². The van der Waals surface area contributed by atoms with Crippen LogP contribution in [0.15, 0.2) is 102 Å². The standard InChI is InChI=1S/C29H26F3N3O3S/c1-20-6-5-9-26(27(20)21-10-12-22(13-11-21)29(30,31)32)28(36)35-24-16-14-23(15-17-24)33-18-19-34-39(37,38)25-7-3-2-4-8-25/h2-17,33-34H,18-19H2,1H3,(H,35,36). The number of benzene rings is 4. The van der Waals surface area contributed by atoms with Gasteiger partial charge in [-0.3, -0.25) is 4.79 Å². The Morgan fingerprint density at radius 2 is 1.41 bits per heavy atom. The van der Waals surface area contributed by atoms with E-state index in [1.54, 1.807) is 67.6 Å². The zero-order chi connectivity index (χ0) is 28.0. The lowest BCUT2D eigenvalue weighted by Crippen LogP contribution is -2.28. The number of alkyl halides is 3. The lowest BCUT2D eigenvalue weighted by atomic mass is 9.94. The Morgan fingerprint density at radius 3 is 2.05 bits per heavy atom. The third-order valence-corrected chi connectivity index (χ3v) is 7.44. The number of halogens is 3. The predicted molar refractivity (Wildman–Crippen MR) is 146 cm³/mol. The molecule has 0 unspecified atom stereocenters. The fourth-order valence-electron chi connectivity index (χ4n) is 4.01. The monoisotopic (exact) mass is 553 g/mol. The Kier molecular flexibility index (Phi) is 8.37. The van der Waals surface area contributed by atoms with Crippen molar-refractivity contribution < 1.29 is 26.4 Å². The molecule has 0 atom stereocenters. The average Bonchev–Trinajstić information content (AvgIpc) is 2.92. The van der Waals surface area contributed by atoms with E-state index in [-0.39, 0.29) is 11.4 Å². The summed E-state index contributed by atoms with van der Waals surface area (Å²) < 4.78 is 66.0. The minimum atomic E-state index is -4.44. The van der Waals surface area contributed by atoms with Crippen LogP contribution in [-0.2, 0) is 16.2 Å². The maximum atomic E-state index is 13.1. The van der Waals surface area contributed by atoms with Gasteiger partial charge in [0.25, 0.3) is 5.91 Å². The Bertz CT molecular complexity index is 1540. The number of sulfonamides is 1. The first-order valence-electron chi connectivity index (χ1n) is 12.0. The average molecular weight is 554 g/mol. The molecule has 6 nitrogen and oxygen atoms in total. The molecule has 0 fully saturated rings. The summed E-state index contributed by atoms with van der Waals surface area (Å²) in [5.74, 6) is -0.398. The van der Waals surface area contributed by atoms with Crippen LogP contribution in [0.4, 0.5) is 24.5 Å². The zero-order valence-electron chi connectivity index (χ0n) is 20.9. The number of nitrogens with one attached hydrogen (secondary N) is 3. The molecular weight excluding hydrogens is 527 g/mol. The smallest absolute Gasteiger partial charge is 0.384 e. The first-order valence-corrected chi connectivity index (χ1v) is 13.5. The SMILES string of the molecule is Cc1cccc(C(=O)Nc2ccc(NCCNS(=O)(=O)c3ccccc3)cc2)c1-c1ccc(C(F)(F)F)cc1. The molecule has 0 heterocycles. The largest absolute Gasteiger partial charge is 0.416 e. The number of amides is 1. The molecule has 4 aromatic rings. The summed E-state index contributed by atoms with van der Waals surface area (Å²) in [6.45, 7) is 2.32. The fourth-order valence-corrected chi connectivity index (χ4v) is 5.06. The lowest BCUT2D eigenvalue weighted by molar-refractivity contribution is -0.137. The second kappa shape index (κ2) is 11.7. The van der Waals surface area contributed by atoms with Gasteiger partial charge in [-0.2, -0.15) is 13.2 Å². The lowest BCUT2D eigenvalue weighted by Gasteiger charge is -2.15. The van der Waals surface area contributed by atoms with E-state index in [1.165, 1.54) is 24.3 Å². The van der Waals surface area contributed by atoms with Gasteiger partial charge in [0, 0.05) is 30.0 Å². The number of aryl methyl sites for hydroxylation is 1. The highest BCUT2D eigenvalue weighted by molar-refractivity contribution is 7.89. The maximum absolute atomic E-state index is 13.1. The molecule has 202 valence electrons. The predicted octanol–water partition coefficient (Wildman–Crippen LogP) is 6.32. The zero-order valence-corrected chi connectivity index (χ0v) is 21.7. The molecule has 0 bridgehead atoms. The molecule has 0 saturated carbocycles. The molecule has 10 heteroatoms. The second-order valence-electron chi connectivity index (χ2n) is 8.74. The normalized spacial score (nSPS) is 11.7. The van der Waals surface area contributed by atoms with E-state index in [9.17, 15) is 26.4 Å². The highest BCUT2D eigenvalue weighted by atomic mass is 32.2. The third kappa shape index (κ3) is 7.04. The minimum absolute atomic E-state index is 0.176. The number of hydrogen-bond acceptors (Lipinski definition) is 4. The third-order valence-electron chi connectivity index (χ3n) is 5.96. The van der Waals surface area contributed by atoms with E-state index in [1.807, 2.05) is 0 Å². The summed E-state index contributed by atoms with van der Waals surface area (Å²) in [4.78, 5) is 13.3. The van der Waals surface area contributed by atoms with Gasteiger partial charge in [-0.05, 0) is 78.2 Å². The van der Waals surface area contributed by atoms with Crippen LogP contribution in [0.2, 0.25) is 0 Å². The molecule has 0 aliphatic rings. The Morgan fingerprint density at radius 1 is 0.769 bits per heavy atom. The topological polar surface area (TPSA) is 87.3 Å². The number of carbonyl (C=O) groups excluding carboxylic acids is 1.